The van der Waals surface area contributed by atoms with Gasteiger partial charge in [-0.3, -0.25) is 9.79 Å². The molecule has 0 aliphatic rings. The molecule has 0 bridgehead atoms. The summed E-state index contributed by atoms with van der Waals surface area (Å²) in [4.78, 5) is 27.5. The third-order valence-electron chi connectivity index (χ3n) is 3.01. The first kappa shape index (κ1) is 18.2. The van der Waals surface area contributed by atoms with Crippen LogP contribution in [-0.2, 0) is 9.53 Å². The SMILES string of the molecule is COC(=O)c1c(OC)ccc(N=C/C(C(C)=O)=C(/C)O)c1OC. The highest BCUT2D eigenvalue weighted by atomic mass is 16.5. The minimum atomic E-state index is -0.642. The molecule has 0 aromatic heterocycles. The van der Waals surface area contributed by atoms with Crippen LogP contribution in [0.5, 0.6) is 11.5 Å². The number of methoxy groups -OCH3 is 3. The number of rotatable bonds is 6. The largest absolute Gasteiger partial charge is 0.512 e. The number of ether oxygens (including phenoxy) is 3. The molecule has 0 heterocycles. The number of hydrogen-bond donors (Lipinski definition) is 1. The number of Topliss-reactive ketones (excluding diaryl/α,β-unsaturated/α-hetero) is 1. The second-order valence-corrected chi connectivity index (χ2v) is 4.50. The number of carbonyl (C=O) groups excluding carboxylic acids is 2. The van der Waals surface area contributed by atoms with Crippen molar-refractivity contribution in [2.24, 2.45) is 4.99 Å². The van der Waals surface area contributed by atoms with Gasteiger partial charge in [-0.15, -0.1) is 0 Å². The van der Waals surface area contributed by atoms with Crippen molar-refractivity contribution in [3.05, 3.63) is 29.0 Å². The van der Waals surface area contributed by atoms with Gasteiger partial charge >= 0.3 is 5.97 Å². The Morgan fingerprint density at radius 3 is 2.22 bits per heavy atom. The van der Waals surface area contributed by atoms with Crippen molar-refractivity contribution in [3.63, 3.8) is 0 Å². The van der Waals surface area contributed by atoms with E-state index in [1.807, 2.05) is 0 Å². The van der Waals surface area contributed by atoms with Crippen molar-refractivity contribution in [1.82, 2.24) is 0 Å². The van der Waals surface area contributed by atoms with Gasteiger partial charge in [0.05, 0.1) is 26.9 Å². The van der Waals surface area contributed by atoms with Gasteiger partial charge in [0.2, 0.25) is 0 Å². The highest BCUT2D eigenvalue weighted by Crippen LogP contribution is 2.38. The Morgan fingerprint density at radius 2 is 1.78 bits per heavy atom. The number of allylic oxidation sites excluding steroid dienone is 2. The zero-order valence-electron chi connectivity index (χ0n) is 13.7. The first-order valence-electron chi connectivity index (χ1n) is 6.65. The summed E-state index contributed by atoms with van der Waals surface area (Å²) in [5, 5.41) is 9.49. The highest BCUT2D eigenvalue weighted by molar-refractivity contribution is 6.13. The van der Waals surface area contributed by atoms with Gasteiger partial charge in [0.15, 0.2) is 11.5 Å². The monoisotopic (exact) mass is 321 g/mol. The number of aliphatic imine (C=N–C) groups is 1. The van der Waals surface area contributed by atoms with Crippen molar-refractivity contribution >= 4 is 23.7 Å². The maximum Gasteiger partial charge on any atom is 0.345 e. The lowest BCUT2D eigenvalue weighted by atomic mass is 10.1. The molecule has 1 rings (SSSR count). The van der Waals surface area contributed by atoms with Crippen molar-refractivity contribution in [2.75, 3.05) is 21.3 Å². The van der Waals surface area contributed by atoms with Gasteiger partial charge in [0.1, 0.15) is 22.8 Å². The van der Waals surface area contributed by atoms with Crippen LogP contribution in [0, 0.1) is 0 Å². The average molecular weight is 321 g/mol. The fourth-order valence-corrected chi connectivity index (χ4v) is 1.90. The summed E-state index contributed by atoms with van der Waals surface area (Å²) in [5.41, 5.74) is 0.428. The van der Waals surface area contributed by atoms with Crippen LogP contribution in [-0.4, -0.2) is 44.4 Å². The third kappa shape index (κ3) is 4.09. The van der Waals surface area contributed by atoms with Gasteiger partial charge in [-0.05, 0) is 26.0 Å². The summed E-state index contributed by atoms with van der Waals surface area (Å²) in [6.45, 7) is 2.69. The molecular weight excluding hydrogens is 302 g/mol. The zero-order valence-corrected chi connectivity index (χ0v) is 13.7. The lowest BCUT2D eigenvalue weighted by Gasteiger charge is -2.13. The Bertz CT molecular complexity index is 671. The minimum absolute atomic E-state index is 0.0579. The smallest absolute Gasteiger partial charge is 0.345 e. The summed E-state index contributed by atoms with van der Waals surface area (Å²) in [6, 6.07) is 3.09. The van der Waals surface area contributed by atoms with Crippen molar-refractivity contribution in [1.29, 1.82) is 0 Å². The Kier molecular flexibility index (Phi) is 6.32. The summed E-state index contributed by atoms with van der Waals surface area (Å²) in [5.74, 6) is -0.716. The first-order valence-corrected chi connectivity index (χ1v) is 6.65. The topological polar surface area (TPSA) is 94.4 Å². The van der Waals surface area contributed by atoms with Gasteiger partial charge in [0.25, 0.3) is 0 Å². The third-order valence-corrected chi connectivity index (χ3v) is 3.01. The lowest BCUT2D eigenvalue weighted by molar-refractivity contribution is -0.113. The van der Waals surface area contributed by atoms with E-state index >= 15 is 0 Å². The molecule has 7 heteroatoms. The van der Waals surface area contributed by atoms with E-state index in [0.717, 1.165) is 0 Å². The number of carbonyl (C=O) groups is 2. The standard InChI is InChI=1S/C16H19NO6/c1-9(18)11(10(2)19)8-17-12-6-7-13(21-3)14(15(12)22-4)16(20)23-5/h6-8,18H,1-5H3/b11-9+,17-8?. The number of aliphatic hydroxyl groups excluding tert-OH is 1. The molecule has 0 saturated heterocycles. The molecule has 0 atom stereocenters. The molecule has 1 aromatic rings. The molecule has 124 valence electrons. The molecule has 7 nitrogen and oxygen atoms in total. The van der Waals surface area contributed by atoms with Crippen LogP contribution >= 0.6 is 0 Å². The van der Waals surface area contributed by atoms with Crippen molar-refractivity contribution in [2.45, 2.75) is 13.8 Å². The van der Waals surface area contributed by atoms with Gasteiger partial charge < -0.3 is 19.3 Å². The number of ketones is 1. The molecule has 23 heavy (non-hydrogen) atoms. The predicted octanol–water partition coefficient (Wildman–Crippen LogP) is 2.61. The summed E-state index contributed by atoms with van der Waals surface area (Å²) in [7, 11) is 4.03. The Balaban J connectivity index is 3.47. The molecule has 0 unspecified atom stereocenters. The second-order valence-electron chi connectivity index (χ2n) is 4.50. The normalized spacial score (nSPS) is 11.9. The van der Waals surface area contributed by atoms with Crippen LogP contribution in [0.1, 0.15) is 24.2 Å². The maximum absolute atomic E-state index is 11.9. The molecule has 1 N–H and O–H groups in total. The van der Waals surface area contributed by atoms with Crippen molar-refractivity contribution < 1.29 is 28.9 Å². The summed E-state index contributed by atoms with van der Waals surface area (Å²) >= 11 is 0. The van der Waals surface area contributed by atoms with E-state index in [2.05, 4.69) is 4.99 Å². The van der Waals surface area contributed by atoms with Gasteiger partial charge in [0, 0.05) is 6.21 Å². The number of nitrogens with zero attached hydrogens (tertiary/aromatic N) is 1. The summed E-state index contributed by atoms with van der Waals surface area (Å²) in [6.07, 6.45) is 1.21. The van der Waals surface area contributed by atoms with E-state index in [1.54, 1.807) is 6.07 Å². The van der Waals surface area contributed by atoms with Crippen LogP contribution in [0.2, 0.25) is 0 Å². The number of hydrogen-bond acceptors (Lipinski definition) is 7. The predicted molar refractivity (Wildman–Crippen MR) is 85.0 cm³/mol. The lowest BCUT2D eigenvalue weighted by Crippen LogP contribution is -2.07. The maximum atomic E-state index is 11.9. The molecule has 0 aliphatic heterocycles. The van der Waals surface area contributed by atoms with E-state index in [0.29, 0.717) is 0 Å². The fourth-order valence-electron chi connectivity index (χ4n) is 1.90. The highest BCUT2D eigenvalue weighted by Gasteiger charge is 2.22. The van der Waals surface area contributed by atoms with E-state index in [4.69, 9.17) is 14.2 Å². The molecule has 0 aliphatic carbocycles. The molecule has 0 fully saturated rings. The van der Waals surface area contributed by atoms with Gasteiger partial charge in [-0.25, -0.2) is 4.79 Å². The molecule has 0 radical (unpaired) electrons. The fraction of sp³-hybridized carbons (Fsp3) is 0.312. The van der Waals surface area contributed by atoms with Crippen LogP contribution in [0.3, 0.4) is 0 Å². The van der Waals surface area contributed by atoms with Gasteiger partial charge in [-0.1, -0.05) is 0 Å². The first-order chi connectivity index (χ1) is 10.9. The van der Waals surface area contributed by atoms with Crippen LogP contribution in [0.25, 0.3) is 0 Å². The van der Waals surface area contributed by atoms with Crippen LogP contribution in [0.15, 0.2) is 28.5 Å². The minimum Gasteiger partial charge on any atom is -0.512 e. The molecule has 1 aromatic carbocycles. The molecule has 0 spiro atoms. The zero-order chi connectivity index (χ0) is 17.6. The van der Waals surface area contributed by atoms with Crippen molar-refractivity contribution in [3.8, 4) is 11.5 Å². The Labute approximate surface area is 134 Å². The Hall–Kier alpha value is -2.83. The quantitative estimate of drug-likeness (QED) is 0.374. The number of aliphatic hydroxyl groups is 1. The number of esters is 1. The second kappa shape index (κ2) is 7.98. The van der Waals surface area contributed by atoms with E-state index < -0.39 is 5.97 Å². The molecule has 0 saturated carbocycles. The molecule has 0 amide bonds. The summed E-state index contributed by atoms with van der Waals surface area (Å²) < 4.78 is 15.1. The van der Waals surface area contributed by atoms with E-state index in [1.165, 1.54) is 47.5 Å². The van der Waals surface area contributed by atoms with E-state index in [-0.39, 0.29) is 39.9 Å². The molecular formula is C16H19NO6. The van der Waals surface area contributed by atoms with Gasteiger partial charge in [-0.2, -0.15) is 0 Å². The van der Waals surface area contributed by atoms with Crippen LogP contribution < -0.4 is 9.47 Å². The average Bonchev–Trinajstić information content (AvgIpc) is 2.52. The van der Waals surface area contributed by atoms with Crippen LogP contribution in [0.4, 0.5) is 5.69 Å². The number of benzene rings is 1. The van der Waals surface area contributed by atoms with E-state index in [9.17, 15) is 14.7 Å². The Morgan fingerprint density at radius 1 is 1.13 bits per heavy atom.